The van der Waals surface area contributed by atoms with E-state index in [1.807, 2.05) is 0 Å². The van der Waals surface area contributed by atoms with Gasteiger partial charge >= 0.3 is 0 Å². The Morgan fingerprint density at radius 1 is 1.39 bits per heavy atom. The predicted octanol–water partition coefficient (Wildman–Crippen LogP) is 2.75. The van der Waals surface area contributed by atoms with Gasteiger partial charge in [-0.2, -0.15) is 0 Å². The third-order valence-corrected chi connectivity index (χ3v) is 5.46. The molecule has 1 saturated carbocycles. The molecule has 1 fully saturated rings. The van der Waals surface area contributed by atoms with E-state index in [1.165, 1.54) is 0 Å². The van der Waals surface area contributed by atoms with Crippen LogP contribution in [0.15, 0.2) is 29.2 Å². The second-order valence-corrected chi connectivity index (χ2v) is 7.49. The molecule has 0 aromatic heterocycles. The van der Waals surface area contributed by atoms with Crippen LogP contribution in [0.2, 0.25) is 0 Å². The summed E-state index contributed by atoms with van der Waals surface area (Å²) in [6.45, 7) is 4.81. The molecule has 1 aromatic carbocycles. The molecule has 18 heavy (non-hydrogen) atoms. The van der Waals surface area contributed by atoms with Gasteiger partial charge in [0, 0.05) is 12.4 Å². The van der Waals surface area contributed by atoms with E-state index in [-0.39, 0.29) is 11.3 Å². The van der Waals surface area contributed by atoms with Gasteiger partial charge in [-0.25, -0.2) is 13.1 Å². The lowest BCUT2D eigenvalue weighted by Gasteiger charge is -2.10. The zero-order valence-electron chi connectivity index (χ0n) is 10.6. The number of benzene rings is 1. The van der Waals surface area contributed by atoms with Gasteiger partial charge in [0.05, 0.1) is 4.90 Å². The Balaban J connectivity index is 2.11. The number of halogens is 1. The van der Waals surface area contributed by atoms with Gasteiger partial charge in [-0.1, -0.05) is 32.0 Å². The van der Waals surface area contributed by atoms with Crippen molar-refractivity contribution in [3.8, 4) is 0 Å². The van der Waals surface area contributed by atoms with Crippen LogP contribution in [0.3, 0.4) is 0 Å². The van der Waals surface area contributed by atoms with Crippen LogP contribution < -0.4 is 4.72 Å². The number of sulfonamides is 1. The number of nitrogens with one attached hydrogen (secondary N) is 1. The molecule has 0 aliphatic heterocycles. The highest BCUT2D eigenvalue weighted by atomic mass is 35.5. The molecule has 0 amide bonds. The number of hydrogen-bond acceptors (Lipinski definition) is 2. The molecule has 1 atom stereocenters. The minimum Gasteiger partial charge on any atom is -0.211 e. The van der Waals surface area contributed by atoms with Crippen LogP contribution in [0.25, 0.3) is 0 Å². The van der Waals surface area contributed by atoms with Crippen LogP contribution in [0.5, 0.6) is 0 Å². The number of hydrogen-bond donors (Lipinski definition) is 1. The average Bonchev–Trinajstić information content (AvgIpc) is 2.95. The molecule has 1 unspecified atom stereocenters. The Morgan fingerprint density at radius 2 is 2.00 bits per heavy atom. The van der Waals surface area contributed by atoms with Crippen LogP contribution in [0.4, 0.5) is 0 Å². The molecule has 0 spiro atoms. The lowest BCUT2D eigenvalue weighted by Crippen LogP contribution is -2.27. The molecule has 1 aliphatic carbocycles. The predicted molar refractivity (Wildman–Crippen MR) is 73.1 cm³/mol. The van der Waals surface area contributed by atoms with E-state index >= 15 is 0 Å². The van der Waals surface area contributed by atoms with Crippen molar-refractivity contribution in [3.05, 3.63) is 29.8 Å². The van der Waals surface area contributed by atoms with Gasteiger partial charge in [0.2, 0.25) is 10.0 Å². The molecule has 5 heteroatoms. The number of rotatable bonds is 5. The molecule has 2 rings (SSSR count). The molecular formula is C13H18ClNO2S. The average molecular weight is 288 g/mol. The van der Waals surface area contributed by atoms with Crippen molar-refractivity contribution in [2.24, 2.45) is 11.3 Å². The molecule has 0 radical (unpaired) electrons. The van der Waals surface area contributed by atoms with Crippen molar-refractivity contribution in [2.75, 3.05) is 6.54 Å². The lowest BCUT2D eigenvalue weighted by atomic mass is 10.1. The summed E-state index contributed by atoms with van der Waals surface area (Å²) in [5.41, 5.74) is 0.913. The Morgan fingerprint density at radius 3 is 2.56 bits per heavy atom. The first-order chi connectivity index (χ1) is 8.37. The Labute approximate surface area is 114 Å². The zero-order valence-corrected chi connectivity index (χ0v) is 12.2. The molecule has 3 nitrogen and oxygen atoms in total. The summed E-state index contributed by atoms with van der Waals surface area (Å²) in [6.07, 6.45) is 1.08. The molecule has 0 heterocycles. The second-order valence-electron chi connectivity index (χ2n) is 5.48. The van der Waals surface area contributed by atoms with Crippen molar-refractivity contribution >= 4 is 21.6 Å². The normalized spacial score (nSPS) is 21.8. The van der Waals surface area contributed by atoms with Crippen LogP contribution in [-0.4, -0.2) is 15.0 Å². The van der Waals surface area contributed by atoms with Gasteiger partial charge in [-0.15, -0.1) is 11.6 Å². The zero-order chi connectivity index (χ0) is 13.4. The summed E-state index contributed by atoms with van der Waals surface area (Å²) < 4.78 is 27.1. The highest BCUT2D eigenvalue weighted by Crippen LogP contribution is 2.51. The lowest BCUT2D eigenvalue weighted by molar-refractivity contribution is 0.537. The Kier molecular flexibility index (Phi) is 3.72. The number of alkyl halides is 1. The molecule has 1 aliphatic rings. The molecule has 1 aromatic rings. The van der Waals surface area contributed by atoms with E-state index in [0.29, 0.717) is 22.9 Å². The maximum absolute atomic E-state index is 12.2. The Bertz CT molecular complexity index is 540. The minimum atomic E-state index is -3.44. The summed E-state index contributed by atoms with van der Waals surface area (Å²) in [7, 11) is -3.44. The van der Waals surface area contributed by atoms with Crippen molar-refractivity contribution in [1.82, 2.24) is 4.72 Å². The van der Waals surface area contributed by atoms with Crippen LogP contribution in [-0.2, 0) is 15.9 Å². The first-order valence-corrected chi connectivity index (χ1v) is 8.02. The third kappa shape index (κ3) is 2.87. The van der Waals surface area contributed by atoms with Crippen molar-refractivity contribution < 1.29 is 8.42 Å². The maximum Gasteiger partial charge on any atom is 0.240 e. The fourth-order valence-electron chi connectivity index (χ4n) is 2.09. The van der Waals surface area contributed by atoms with Gasteiger partial charge < -0.3 is 0 Å². The van der Waals surface area contributed by atoms with E-state index in [9.17, 15) is 8.42 Å². The van der Waals surface area contributed by atoms with E-state index in [0.717, 1.165) is 6.42 Å². The summed E-state index contributed by atoms with van der Waals surface area (Å²) in [5, 5.41) is 0. The largest absolute Gasteiger partial charge is 0.240 e. The molecule has 0 bridgehead atoms. The smallest absolute Gasteiger partial charge is 0.211 e. The summed E-state index contributed by atoms with van der Waals surface area (Å²) in [5.74, 6) is 0.641. The molecule has 0 saturated heterocycles. The first kappa shape index (κ1) is 13.8. The third-order valence-electron chi connectivity index (χ3n) is 3.64. The summed E-state index contributed by atoms with van der Waals surface area (Å²) >= 11 is 5.77. The van der Waals surface area contributed by atoms with E-state index in [4.69, 9.17) is 11.6 Å². The molecular weight excluding hydrogens is 270 g/mol. The Hall–Kier alpha value is -0.580. The monoisotopic (exact) mass is 287 g/mol. The van der Waals surface area contributed by atoms with Crippen molar-refractivity contribution in [3.63, 3.8) is 0 Å². The van der Waals surface area contributed by atoms with Gasteiger partial charge in [0.1, 0.15) is 0 Å². The fourth-order valence-corrected chi connectivity index (χ4v) is 3.72. The minimum absolute atomic E-state index is 0.200. The summed E-state index contributed by atoms with van der Waals surface area (Å²) in [6, 6.07) is 6.84. The first-order valence-electron chi connectivity index (χ1n) is 6.00. The van der Waals surface area contributed by atoms with Gasteiger partial charge in [-0.3, -0.25) is 0 Å². The standard InChI is InChI=1S/C13H18ClNO2S/c1-13(2)7-11(13)9-15-18(16,17)12-6-4-3-5-10(12)8-14/h3-6,11,15H,7-9H2,1-2H3. The maximum atomic E-state index is 12.2. The van der Waals surface area contributed by atoms with Crippen molar-refractivity contribution in [2.45, 2.75) is 31.0 Å². The van der Waals surface area contributed by atoms with Crippen molar-refractivity contribution in [1.29, 1.82) is 0 Å². The van der Waals surface area contributed by atoms with E-state index in [1.54, 1.807) is 24.3 Å². The molecule has 100 valence electrons. The molecule has 1 N–H and O–H groups in total. The summed E-state index contributed by atoms with van der Waals surface area (Å²) in [4.78, 5) is 0.290. The van der Waals surface area contributed by atoms with Gasteiger partial charge in [0.25, 0.3) is 0 Å². The SMILES string of the molecule is CC1(C)CC1CNS(=O)(=O)c1ccccc1CCl. The van der Waals surface area contributed by atoms with Gasteiger partial charge in [0.15, 0.2) is 0 Å². The van der Waals surface area contributed by atoms with Crippen LogP contribution >= 0.6 is 11.6 Å². The topological polar surface area (TPSA) is 46.2 Å². The van der Waals surface area contributed by atoms with E-state index in [2.05, 4.69) is 18.6 Å². The van der Waals surface area contributed by atoms with Crippen LogP contribution in [0.1, 0.15) is 25.8 Å². The van der Waals surface area contributed by atoms with E-state index < -0.39 is 10.0 Å². The quantitative estimate of drug-likeness (QED) is 0.847. The highest BCUT2D eigenvalue weighted by Gasteiger charge is 2.45. The fraction of sp³-hybridized carbons (Fsp3) is 0.538. The van der Waals surface area contributed by atoms with Crippen LogP contribution in [0, 0.1) is 11.3 Å². The van der Waals surface area contributed by atoms with Gasteiger partial charge in [-0.05, 0) is 29.4 Å². The highest BCUT2D eigenvalue weighted by molar-refractivity contribution is 7.89. The second kappa shape index (κ2) is 4.83.